The summed E-state index contributed by atoms with van der Waals surface area (Å²) in [6, 6.07) is 12.5. The molecule has 0 aliphatic carbocycles. The zero-order chi connectivity index (χ0) is 17.3. The summed E-state index contributed by atoms with van der Waals surface area (Å²) in [5.41, 5.74) is 2.28. The number of benzene rings is 2. The predicted octanol–water partition coefficient (Wildman–Crippen LogP) is 4.59. The molecule has 0 radical (unpaired) electrons. The van der Waals surface area contributed by atoms with Crippen molar-refractivity contribution in [3.8, 4) is 5.75 Å². The van der Waals surface area contributed by atoms with Gasteiger partial charge in [-0.15, -0.1) is 0 Å². The van der Waals surface area contributed by atoms with E-state index in [-0.39, 0.29) is 11.7 Å². The third-order valence-corrected chi connectivity index (χ3v) is 4.83. The predicted molar refractivity (Wildman–Crippen MR) is 99.7 cm³/mol. The van der Waals surface area contributed by atoms with Gasteiger partial charge in [-0.2, -0.15) is 0 Å². The first-order valence-corrected chi connectivity index (χ1v) is 8.45. The molecule has 2 aromatic rings. The fourth-order valence-corrected chi connectivity index (χ4v) is 3.30. The number of hydrogen-bond acceptors (Lipinski definition) is 4. The van der Waals surface area contributed by atoms with E-state index in [9.17, 15) is 9.90 Å². The first-order valence-electron chi connectivity index (χ1n) is 7.25. The average Bonchev–Trinajstić information content (AvgIpc) is 2.80. The molecule has 1 N–H and O–H groups in total. The normalized spacial score (nSPS) is 18.0. The number of likely N-dealkylation sites (N-methyl/N-ethyl adjacent to an activating group) is 1. The van der Waals surface area contributed by atoms with E-state index in [0.29, 0.717) is 20.8 Å². The number of amidine groups is 1. The lowest BCUT2D eigenvalue weighted by Gasteiger charge is -2.08. The average molecular weight is 359 g/mol. The summed E-state index contributed by atoms with van der Waals surface area (Å²) in [5.74, 6) is -0.0284. The lowest BCUT2D eigenvalue weighted by atomic mass is 10.2. The fourth-order valence-electron chi connectivity index (χ4n) is 2.19. The summed E-state index contributed by atoms with van der Waals surface area (Å²) in [6.07, 6.45) is 1.80. The van der Waals surface area contributed by atoms with E-state index in [1.807, 2.05) is 25.1 Å². The van der Waals surface area contributed by atoms with E-state index in [0.717, 1.165) is 11.1 Å². The standard InChI is InChI=1S/C18H15ClN2O2S/c1-11-3-8-14(15(22)9-11)20-18-21(2)17(23)16(24-18)10-12-4-6-13(19)7-5-12/h3-10,22H,1-2H3/b16-10-,20-18?. The van der Waals surface area contributed by atoms with Gasteiger partial charge in [0, 0.05) is 12.1 Å². The molecule has 0 bridgehead atoms. The van der Waals surface area contributed by atoms with Crippen LogP contribution in [0.4, 0.5) is 5.69 Å². The van der Waals surface area contributed by atoms with Crippen molar-refractivity contribution in [1.29, 1.82) is 0 Å². The molecule has 0 spiro atoms. The number of phenolic OH excluding ortho intramolecular Hbond substituents is 1. The van der Waals surface area contributed by atoms with Crippen molar-refractivity contribution in [2.75, 3.05) is 7.05 Å². The second-order valence-electron chi connectivity index (χ2n) is 5.41. The van der Waals surface area contributed by atoms with E-state index >= 15 is 0 Å². The molecule has 0 aromatic heterocycles. The van der Waals surface area contributed by atoms with Gasteiger partial charge in [-0.05, 0) is 60.2 Å². The maximum Gasteiger partial charge on any atom is 0.266 e. The number of aromatic hydroxyl groups is 1. The van der Waals surface area contributed by atoms with Gasteiger partial charge in [0.15, 0.2) is 5.17 Å². The highest BCUT2D eigenvalue weighted by Crippen LogP contribution is 2.35. The summed E-state index contributed by atoms with van der Waals surface area (Å²) in [5, 5.41) is 11.2. The second kappa shape index (κ2) is 6.71. The van der Waals surface area contributed by atoms with Crippen LogP contribution in [0.3, 0.4) is 0 Å². The SMILES string of the molecule is Cc1ccc(N=C2S/C(=C\c3ccc(Cl)cc3)C(=O)N2C)c(O)c1. The van der Waals surface area contributed by atoms with Gasteiger partial charge >= 0.3 is 0 Å². The number of hydrogen-bond donors (Lipinski definition) is 1. The smallest absolute Gasteiger partial charge is 0.266 e. The Labute approximate surface area is 149 Å². The number of aryl methyl sites for hydroxylation is 1. The van der Waals surface area contributed by atoms with Crippen molar-refractivity contribution >= 4 is 46.2 Å². The van der Waals surface area contributed by atoms with Crippen molar-refractivity contribution in [3.05, 3.63) is 63.5 Å². The van der Waals surface area contributed by atoms with Gasteiger partial charge in [-0.25, -0.2) is 4.99 Å². The zero-order valence-corrected chi connectivity index (χ0v) is 14.7. The molecule has 24 heavy (non-hydrogen) atoms. The molecular weight excluding hydrogens is 344 g/mol. The van der Waals surface area contributed by atoms with Gasteiger partial charge in [-0.1, -0.05) is 29.8 Å². The molecule has 1 saturated heterocycles. The lowest BCUT2D eigenvalue weighted by molar-refractivity contribution is -0.121. The number of aliphatic imine (C=N–C) groups is 1. The quantitative estimate of drug-likeness (QED) is 0.799. The number of amides is 1. The molecule has 4 nitrogen and oxygen atoms in total. The maximum absolute atomic E-state index is 12.4. The third kappa shape index (κ3) is 3.47. The van der Waals surface area contributed by atoms with Gasteiger partial charge in [0.05, 0.1) is 4.91 Å². The molecule has 0 atom stereocenters. The first-order chi connectivity index (χ1) is 11.4. The van der Waals surface area contributed by atoms with Crippen LogP contribution in [0.1, 0.15) is 11.1 Å². The Bertz CT molecular complexity index is 860. The Morgan fingerprint density at radius 1 is 1.21 bits per heavy atom. The number of carbonyl (C=O) groups excluding carboxylic acids is 1. The molecule has 0 unspecified atom stereocenters. The van der Waals surface area contributed by atoms with E-state index in [4.69, 9.17) is 11.6 Å². The Kier molecular flexibility index (Phi) is 4.64. The largest absolute Gasteiger partial charge is 0.506 e. The number of carbonyl (C=O) groups is 1. The minimum absolute atomic E-state index is 0.0964. The molecule has 2 aromatic carbocycles. The number of nitrogens with zero attached hydrogens (tertiary/aromatic N) is 2. The molecule has 1 aliphatic heterocycles. The van der Waals surface area contributed by atoms with Crippen LogP contribution in [-0.2, 0) is 4.79 Å². The molecule has 1 amide bonds. The Hall–Kier alpha value is -2.24. The topological polar surface area (TPSA) is 52.9 Å². The molecule has 1 fully saturated rings. The van der Waals surface area contributed by atoms with Crippen LogP contribution in [-0.4, -0.2) is 28.1 Å². The van der Waals surface area contributed by atoms with Gasteiger partial charge in [0.1, 0.15) is 11.4 Å². The van der Waals surface area contributed by atoms with E-state index in [1.165, 1.54) is 16.7 Å². The molecule has 6 heteroatoms. The first kappa shape index (κ1) is 16.6. The monoisotopic (exact) mass is 358 g/mol. The Morgan fingerprint density at radius 3 is 2.58 bits per heavy atom. The minimum Gasteiger partial charge on any atom is -0.506 e. The van der Waals surface area contributed by atoms with Crippen LogP contribution in [0.2, 0.25) is 5.02 Å². The number of thioether (sulfide) groups is 1. The van der Waals surface area contributed by atoms with Gasteiger partial charge < -0.3 is 5.11 Å². The van der Waals surface area contributed by atoms with Gasteiger partial charge in [-0.3, -0.25) is 9.69 Å². The highest BCUT2D eigenvalue weighted by Gasteiger charge is 2.30. The van der Waals surface area contributed by atoms with Crippen LogP contribution in [0.15, 0.2) is 52.4 Å². The summed E-state index contributed by atoms with van der Waals surface area (Å²) >= 11 is 7.15. The number of phenols is 1. The van der Waals surface area contributed by atoms with Gasteiger partial charge in [0.2, 0.25) is 0 Å². The van der Waals surface area contributed by atoms with E-state index in [2.05, 4.69) is 4.99 Å². The molecule has 0 saturated carbocycles. The summed E-state index contributed by atoms with van der Waals surface area (Å²) in [7, 11) is 1.67. The Morgan fingerprint density at radius 2 is 1.92 bits per heavy atom. The van der Waals surface area contributed by atoms with Crippen LogP contribution in [0.5, 0.6) is 5.75 Å². The number of rotatable bonds is 2. The summed E-state index contributed by atoms with van der Waals surface area (Å²) in [4.78, 5) is 18.8. The number of halogens is 1. The van der Waals surface area contributed by atoms with Crippen LogP contribution in [0, 0.1) is 6.92 Å². The van der Waals surface area contributed by atoms with Crippen LogP contribution >= 0.6 is 23.4 Å². The van der Waals surface area contributed by atoms with Crippen molar-refractivity contribution < 1.29 is 9.90 Å². The van der Waals surface area contributed by atoms with Crippen LogP contribution < -0.4 is 0 Å². The molecule has 1 heterocycles. The third-order valence-electron chi connectivity index (χ3n) is 3.52. The van der Waals surface area contributed by atoms with Gasteiger partial charge in [0.25, 0.3) is 5.91 Å². The van der Waals surface area contributed by atoms with Crippen molar-refractivity contribution in [1.82, 2.24) is 4.90 Å². The van der Waals surface area contributed by atoms with Crippen molar-refractivity contribution in [2.45, 2.75) is 6.92 Å². The summed E-state index contributed by atoms with van der Waals surface area (Å²) in [6.45, 7) is 1.89. The maximum atomic E-state index is 12.4. The van der Waals surface area contributed by atoms with Crippen molar-refractivity contribution in [3.63, 3.8) is 0 Å². The second-order valence-corrected chi connectivity index (χ2v) is 6.86. The lowest BCUT2D eigenvalue weighted by Crippen LogP contribution is -2.23. The highest BCUT2D eigenvalue weighted by molar-refractivity contribution is 8.18. The zero-order valence-electron chi connectivity index (χ0n) is 13.2. The molecule has 122 valence electrons. The fraction of sp³-hybridized carbons (Fsp3) is 0.111. The van der Waals surface area contributed by atoms with E-state index < -0.39 is 0 Å². The Balaban J connectivity index is 1.91. The molecule has 3 rings (SSSR count). The highest BCUT2D eigenvalue weighted by atomic mass is 35.5. The van der Waals surface area contributed by atoms with Crippen LogP contribution in [0.25, 0.3) is 6.08 Å². The molecular formula is C18H15ClN2O2S. The molecule has 1 aliphatic rings. The van der Waals surface area contributed by atoms with E-state index in [1.54, 1.807) is 37.4 Å². The van der Waals surface area contributed by atoms with Crippen molar-refractivity contribution in [2.24, 2.45) is 4.99 Å². The summed E-state index contributed by atoms with van der Waals surface area (Å²) < 4.78 is 0. The minimum atomic E-state index is -0.125.